The van der Waals surface area contributed by atoms with E-state index in [1.807, 2.05) is 0 Å². The van der Waals surface area contributed by atoms with Crippen LogP contribution in [0.5, 0.6) is 0 Å². The van der Waals surface area contributed by atoms with Gasteiger partial charge in [-0.1, -0.05) is 19.0 Å². The average molecular weight is 252 g/mol. The van der Waals surface area contributed by atoms with Gasteiger partial charge in [-0.2, -0.15) is 0 Å². The van der Waals surface area contributed by atoms with E-state index in [0.29, 0.717) is 5.92 Å². The molecule has 1 spiro atoms. The van der Waals surface area contributed by atoms with Crippen molar-refractivity contribution in [1.29, 1.82) is 0 Å². The van der Waals surface area contributed by atoms with Crippen LogP contribution in [0.4, 0.5) is 4.79 Å². The minimum absolute atomic E-state index is 0.150. The van der Waals surface area contributed by atoms with E-state index in [1.54, 1.807) is 0 Å². The number of imide groups is 1. The zero-order valence-corrected chi connectivity index (χ0v) is 10.4. The van der Waals surface area contributed by atoms with Crippen LogP contribution in [0.2, 0.25) is 0 Å². The van der Waals surface area contributed by atoms with Crippen LogP contribution in [0.1, 0.15) is 33.1 Å². The molecule has 2 saturated carbocycles. The van der Waals surface area contributed by atoms with E-state index >= 15 is 0 Å². The van der Waals surface area contributed by atoms with Crippen LogP contribution in [-0.4, -0.2) is 40.0 Å². The van der Waals surface area contributed by atoms with Crippen LogP contribution in [0, 0.1) is 11.3 Å². The average Bonchev–Trinajstić information content (AvgIpc) is 2.79. The molecular weight excluding hydrogens is 236 g/mol. The molecule has 3 atom stereocenters. The topological polar surface area (TPSA) is 79.2 Å². The van der Waals surface area contributed by atoms with Gasteiger partial charge in [-0.25, -0.2) is 9.69 Å². The fourth-order valence-corrected chi connectivity index (χ4v) is 4.29. The summed E-state index contributed by atoms with van der Waals surface area (Å²) in [6.07, 6.45) is 2.53. The maximum Gasteiger partial charge on any atom is 0.417 e. The first-order valence-electron chi connectivity index (χ1n) is 6.17. The van der Waals surface area contributed by atoms with Crippen LogP contribution >= 0.6 is 0 Å². The van der Waals surface area contributed by atoms with Crippen molar-refractivity contribution in [3.8, 4) is 0 Å². The maximum absolute atomic E-state index is 12.0. The summed E-state index contributed by atoms with van der Waals surface area (Å²) in [6.45, 7) is 4.17. The first-order chi connectivity index (χ1) is 8.45. The molecule has 1 saturated heterocycles. The van der Waals surface area contributed by atoms with Crippen molar-refractivity contribution in [3.63, 3.8) is 0 Å². The molecule has 98 valence electrons. The Hall–Kier alpha value is -1.59. The van der Waals surface area contributed by atoms with Gasteiger partial charge in [-0.05, 0) is 30.6 Å². The molecule has 6 heteroatoms. The highest BCUT2D eigenvalue weighted by Crippen LogP contribution is 2.65. The molecule has 6 nitrogen and oxygen atoms in total. The van der Waals surface area contributed by atoms with Crippen molar-refractivity contribution in [3.05, 3.63) is 0 Å². The molecule has 3 aliphatic rings. The fourth-order valence-electron chi connectivity index (χ4n) is 4.29. The van der Waals surface area contributed by atoms with Crippen LogP contribution in [0.25, 0.3) is 0 Å². The molecule has 0 radical (unpaired) electrons. The molecule has 2 aliphatic carbocycles. The monoisotopic (exact) mass is 252 g/mol. The smallest absolute Gasteiger partial charge is 0.417 e. The van der Waals surface area contributed by atoms with E-state index < -0.39 is 17.5 Å². The summed E-state index contributed by atoms with van der Waals surface area (Å²) in [5.74, 6) is -0.127. The van der Waals surface area contributed by atoms with Crippen molar-refractivity contribution in [2.45, 2.75) is 44.8 Å². The number of carbonyl (C=O) groups is 2. The second-order valence-electron chi connectivity index (χ2n) is 5.91. The Kier molecular flexibility index (Phi) is 2.07. The van der Waals surface area contributed by atoms with Crippen molar-refractivity contribution < 1.29 is 19.5 Å². The molecule has 0 aromatic rings. The van der Waals surface area contributed by atoms with Gasteiger partial charge >= 0.3 is 6.09 Å². The van der Waals surface area contributed by atoms with E-state index in [9.17, 15) is 9.59 Å². The highest BCUT2D eigenvalue weighted by Gasteiger charge is 2.73. The second-order valence-corrected chi connectivity index (χ2v) is 5.91. The summed E-state index contributed by atoms with van der Waals surface area (Å²) in [5, 5.41) is 11.2. The van der Waals surface area contributed by atoms with Crippen LogP contribution < -0.4 is 0 Å². The van der Waals surface area contributed by atoms with E-state index in [4.69, 9.17) is 9.94 Å². The lowest BCUT2D eigenvalue weighted by atomic mass is 9.74. The van der Waals surface area contributed by atoms with Gasteiger partial charge in [0.15, 0.2) is 0 Å². The van der Waals surface area contributed by atoms with Crippen LogP contribution in [-0.2, 0) is 9.53 Å². The zero-order valence-electron chi connectivity index (χ0n) is 10.4. The maximum atomic E-state index is 12.0. The number of nitrogens with zero attached hydrogens (tertiary/aromatic N) is 2. The quantitative estimate of drug-likeness (QED) is 0.434. The van der Waals surface area contributed by atoms with Crippen LogP contribution in [0.15, 0.2) is 5.16 Å². The summed E-state index contributed by atoms with van der Waals surface area (Å²) in [6, 6.07) is 0. The number of hydrogen-bond acceptors (Lipinski definition) is 5. The summed E-state index contributed by atoms with van der Waals surface area (Å²) in [5.41, 5.74) is -0.712. The van der Waals surface area contributed by atoms with E-state index in [1.165, 1.54) is 4.90 Å². The SMILES string of the molecule is CC1(C)[C@@H]2CC[C@]13[C@@H](C2)OC(=O)N3C(=O)/C=N/O. The van der Waals surface area contributed by atoms with Gasteiger partial charge in [0, 0.05) is 0 Å². The number of fused-ring (bicyclic) bond motifs is 1. The number of oxime groups is 1. The molecule has 1 heterocycles. The molecule has 18 heavy (non-hydrogen) atoms. The first kappa shape index (κ1) is 11.5. The third-order valence-electron chi connectivity index (χ3n) is 5.25. The largest absolute Gasteiger partial charge is 0.443 e. The second kappa shape index (κ2) is 3.24. The molecule has 0 aromatic heterocycles. The molecule has 1 aliphatic heterocycles. The predicted molar refractivity (Wildman–Crippen MR) is 61.2 cm³/mol. The van der Waals surface area contributed by atoms with Gasteiger partial charge in [0.2, 0.25) is 0 Å². The summed E-state index contributed by atoms with van der Waals surface area (Å²) < 4.78 is 5.35. The van der Waals surface area contributed by atoms with Crippen molar-refractivity contribution in [1.82, 2.24) is 4.90 Å². The van der Waals surface area contributed by atoms with Crippen LogP contribution in [0.3, 0.4) is 0 Å². The lowest BCUT2D eigenvalue weighted by molar-refractivity contribution is -0.127. The lowest BCUT2D eigenvalue weighted by Gasteiger charge is -2.40. The van der Waals surface area contributed by atoms with Crippen molar-refractivity contribution in [2.24, 2.45) is 16.5 Å². The van der Waals surface area contributed by atoms with Crippen molar-refractivity contribution in [2.75, 3.05) is 0 Å². The molecule has 1 N–H and O–H groups in total. The molecular formula is C12H16N2O4. The van der Waals surface area contributed by atoms with E-state index in [2.05, 4.69) is 19.0 Å². The lowest BCUT2D eigenvalue weighted by Crippen LogP contribution is -2.57. The van der Waals surface area contributed by atoms with Gasteiger partial charge in [-0.15, -0.1) is 0 Å². The molecule has 3 rings (SSSR count). The minimum Gasteiger partial charge on any atom is -0.443 e. The Balaban J connectivity index is 2.08. The molecule has 2 bridgehead atoms. The van der Waals surface area contributed by atoms with Gasteiger partial charge in [0.05, 0.1) is 5.54 Å². The van der Waals surface area contributed by atoms with Gasteiger partial charge in [0.1, 0.15) is 12.3 Å². The standard InChI is InChI=1S/C12H16N2O4/c1-11(2)7-3-4-12(11)8(5-7)18-10(16)14(12)9(15)6-13-17/h6-8,17H,3-5H2,1-2H3/b13-6+/t7-,8-,12+/m1/s1. The number of hydrogen-bond donors (Lipinski definition) is 1. The van der Waals surface area contributed by atoms with E-state index in [0.717, 1.165) is 25.5 Å². The predicted octanol–water partition coefficient (Wildman–Crippen LogP) is 1.37. The number of ether oxygens (including phenoxy) is 1. The Labute approximate surface area is 105 Å². The normalized spacial score (nSPS) is 40.3. The highest BCUT2D eigenvalue weighted by atomic mass is 16.6. The van der Waals surface area contributed by atoms with E-state index in [-0.39, 0.29) is 11.5 Å². The summed E-state index contributed by atoms with van der Waals surface area (Å²) in [7, 11) is 0. The number of amides is 2. The Morgan fingerprint density at radius 2 is 2.33 bits per heavy atom. The number of carbonyl (C=O) groups excluding carboxylic acids is 2. The third kappa shape index (κ3) is 1.02. The molecule has 0 unspecified atom stereocenters. The Morgan fingerprint density at radius 3 is 2.94 bits per heavy atom. The van der Waals surface area contributed by atoms with Gasteiger partial charge < -0.3 is 9.94 Å². The first-order valence-corrected chi connectivity index (χ1v) is 6.17. The van der Waals surface area contributed by atoms with Crippen molar-refractivity contribution >= 4 is 18.2 Å². The summed E-state index contributed by atoms with van der Waals surface area (Å²) in [4.78, 5) is 25.1. The Bertz CT molecular complexity index is 459. The molecule has 3 fully saturated rings. The van der Waals surface area contributed by atoms with Gasteiger partial charge in [0.25, 0.3) is 5.91 Å². The highest BCUT2D eigenvalue weighted by molar-refractivity contribution is 6.29. The van der Waals surface area contributed by atoms with Gasteiger partial charge in [-0.3, -0.25) is 4.79 Å². The Morgan fingerprint density at radius 1 is 1.61 bits per heavy atom. The zero-order chi connectivity index (χ0) is 13.1. The third-order valence-corrected chi connectivity index (χ3v) is 5.25. The fraction of sp³-hybridized carbons (Fsp3) is 0.750. The number of rotatable bonds is 1. The summed E-state index contributed by atoms with van der Waals surface area (Å²) >= 11 is 0. The molecule has 0 aromatic carbocycles. The molecule has 2 amide bonds. The minimum atomic E-state index is -0.613.